The molecule has 1 aliphatic heterocycles. The van der Waals surface area contributed by atoms with Gasteiger partial charge in [-0.1, -0.05) is 22.0 Å². The van der Waals surface area contributed by atoms with Gasteiger partial charge in [0.25, 0.3) is 0 Å². The van der Waals surface area contributed by atoms with E-state index < -0.39 is 9.84 Å². The number of hydrogen-bond donors (Lipinski definition) is 2. The zero-order valence-corrected chi connectivity index (χ0v) is 17.4. The second-order valence-electron chi connectivity index (χ2n) is 5.18. The summed E-state index contributed by atoms with van der Waals surface area (Å²) in [6, 6.07) is 4.69. The maximum absolute atomic E-state index is 13.8. The lowest BCUT2D eigenvalue weighted by molar-refractivity contribution is 0.599. The molecule has 2 N–H and O–H groups in total. The minimum Gasteiger partial charge on any atom is -0.357 e. The summed E-state index contributed by atoms with van der Waals surface area (Å²) in [7, 11) is -2.95. The Balaban J connectivity index is 0.00000264. The van der Waals surface area contributed by atoms with E-state index in [2.05, 4.69) is 31.6 Å². The van der Waals surface area contributed by atoms with Crippen molar-refractivity contribution in [3.63, 3.8) is 0 Å². The lowest BCUT2D eigenvalue weighted by atomic mass is 10.2. The van der Waals surface area contributed by atoms with Gasteiger partial charge in [0.05, 0.1) is 18.1 Å². The zero-order valence-electron chi connectivity index (χ0n) is 12.7. The van der Waals surface area contributed by atoms with Crippen LogP contribution in [0.2, 0.25) is 0 Å². The lowest BCUT2D eigenvalue weighted by Crippen LogP contribution is -2.44. The first kappa shape index (κ1) is 20.6. The van der Waals surface area contributed by atoms with Crippen LogP contribution in [-0.2, 0) is 16.4 Å². The Hall–Kier alpha value is -0.420. The van der Waals surface area contributed by atoms with Gasteiger partial charge in [0.15, 0.2) is 15.8 Å². The van der Waals surface area contributed by atoms with E-state index in [4.69, 9.17) is 0 Å². The number of halogens is 3. The van der Waals surface area contributed by atoms with Gasteiger partial charge in [0, 0.05) is 22.6 Å². The molecule has 0 saturated carbocycles. The van der Waals surface area contributed by atoms with E-state index in [1.54, 1.807) is 12.1 Å². The van der Waals surface area contributed by atoms with Crippen LogP contribution in [0.4, 0.5) is 4.39 Å². The summed E-state index contributed by atoms with van der Waals surface area (Å²) >= 11 is 3.21. The van der Waals surface area contributed by atoms with E-state index in [9.17, 15) is 12.8 Å². The topological polar surface area (TPSA) is 70.6 Å². The number of nitrogens with zero attached hydrogens (tertiary/aromatic N) is 1. The maximum atomic E-state index is 13.8. The van der Waals surface area contributed by atoms with E-state index >= 15 is 0 Å². The van der Waals surface area contributed by atoms with Crippen LogP contribution < -0.4 is 10.6 Å². The lowest BCUT2D eigenvalue weighted by Gasteiger charge is -2.15. The summed E-state index contributed by atoms with van der Waals surface area (Å²) in [5, 5.41) is 6.15. The standard InChI is InChI=1S/C14H19BrFN3O2S.HI/c1-2-17-14(19-12-5-6-22(20,21)9-12)18-8-10-3-4-11(15)7-13(10)16;/h3-4,7,12H,2,5-6,8-9H2,1H3,(H2,17,18,19);1H. The molecule has 1 aromatic rings. The minimum absolute atomic E-state index is 0. The number of nitrogens with one attached hydrogen (secondary N) is 2. The van der Waals surface area contributed by atoms with Crippen molar-refractivity contribution in [2.24, 2.45) is 4.99 Å². The molecular weight excluding hydrogens is 500 g/mol. The number of hydrogen-bond acceptors (Lipinski definition) is 3. The average Bonchev–Trinajstić information content (AvgIpc) is 2.77. The second kappa shape index (κ2) is 9.16. The molecule has 1 atom stereocenters. The monoisotopic (exact) mass is 519 g/mol. The van der Waals surface area contributed by atoms with Crippen LogP contribution in [0.15, 0.2) is 27.7 Å². The van der Waals surface area contributed by atoms with Crippen molar-refractivity contribution in [2.45, 2.75) is 25.9 Å². The van der Waals surface area contributed by atoms with Crippen molar-refractivity contribution in [3.8, 4) is 0 Å². The minimum atomic E-state index is -2.95. The highest BCUT2D eigenvalue weighted by Gasteiger charge is 2.28. The molecule has 23 heavy (non-hydrogen) atoms. The number of benzene rings is 1. The normalized spacial score (nSPS) is 20.0. The Labute approximate surface area is 161 Å². The van der Waals surface area contributed by atoms with Crippen LogP contribution in [-0.4, -0.2) is 38.5 Å². The van der Waals surface area contributed by atoms with Gasteiger partial charge in [-0.25, -0.2) is 17.8 Å². The van der Waals surface area contributed by atoms with Crippen LogP contribution >= 0.6 is 39.9 Å². The molecule has 2 rings (SSSR count). The predicted molar refractivity (Wildman–Crippen MR) is 105 cm³/mol. The van der Waals surface area contributed by atoms with Gasteiger partial charge in [-0.15, -0.1) is 24.0 Å². The fraction of sp³-hybridized carbons (Fsp3) is 0.500. The van der Waals surface area contributed by atoms with Gasteiger partial charge >= 0.3 is 0 Å². The molecule has 0 amide bonds. The van der Waals surface area contributed by atoms with E-state index in [-0.39, 0.29) is 53.9 Å². The largest absolute Gasteiger partial charge is 0.357 e. The van der Waals surface area contributed by atoms with Crippen molar-refractivity contribution in [2.75, 3.05) is 18.1 Å². The SMILES string of the molecule is CCNC(=NCc1ccc(Br)cc1F)NC1CCS(=O)(=O)C1.I. The molecule has 0 aliphatic carbocycles. The Morgan fingerprint density at radius 2 is 2.22 bits per heavy atom. The first-order valence-corrected chi connectivity index (χ1v) is 9.70. The van der Waals surface area contributed by atoms with Gasteiger partial charge in [-0.2, -0.15) is 0 Å². The van der Waals surface area contributed by atoms with Crippen molar-refractivity contribution in [3.05, 3.63) is 34.1 Å². The van der Waals surface area contributed by atoms with Crippen LogP contribution in [0, 0.1) is 5.82 Å². The first-order chi connectivity index (χ1) is 10.4. The van der Waals surface area contributed by atoms with Crippen molar-refractivity contribution in [1.29, 1.82) is 0 Å². The molecular formula is C14H20BrFIN3O2S. The van der Waals surface area contributed by atoms with Crippen LogP contribution in [0.25, 0.3) is 0 Å². The van der Waals surface area contributed by atoms with Gasteiger partial charge in [-0.3, -0.25) is 0 Å². The summed E-state index contributed by atoms with van der Waals surface area (Å²) in [5.74, 6) is 0.500. The van der Waals surface area contributed by atoms with Crippen LogP contribution in [0.1, 0.15) is 18.9 Å². The van der Waals surface area contributed by atoms with Crippen LogP contribution in [0.3, 0.4) is 0 Å². The summed E-state index contributed by atoms with van der Waals surface area (Å²) < 4.78 is 37.4. The van der Waals surface area contributed by atoms with E-state index in [1.165, 1.54) is 6.07 Å². The molecule has 1 unspecified atom stereocenters. The van der Waals surface area contributed by atoms with Crippen molar-refractivity contribution >= 4 is 55.7 Å². The molecule has 1 aliphatic rings. The molecule has 1 fully saturated rings. The molecule has 1 aromatic carbocycles. The molecule has 0 radical (unpaired) electrons. The molecule has 0 bridgehead atoms. The highest BCUT2D eigenvalue weighted by Crippen LogP contribution is 2.16. The highest BCUT2D eigenvalue weighted by molar-refractivity contribution is 14.0. The number of guanidine groups is 1. The Kier molecular flexibility index (Phi) is 8.22. The van der Waals surface area contributed by atoms with Crippen LogP contribution in [0.5, 0.6) is 0 Å². The molecule has 0 spiro atoms. The third kappa shape index (κ3) is 6.54. The molecule has 0 aromatic heterocycles. The van der Waals surface area contributed by atoms with E-state index in [0.717, 1.165) is 0 Å². The van der Waals surface area contributed by atoms with Gasteiger partial charge in [0.1, 0.15) is 5.82 Å². The Morgan fingerprint density at radius 3 is 2.78 bits per heavy atom. The number of sulfone groups is 1. The second-order valence-corrected chi connectivity index (χ2v) is 8.32. The molecule has 9 heteroatoms. The van der Waals surface area contributed by atoms with Crippen molar-refractivity contribution in [1.82, 2.24) is 10.6 Å². The van der Waals surface area contributed by atoms with E-state index in [1.807, 2.05) is 6.92 Å². The summed E-state index contributed by atoms with van der Waals surface area (Å²) in [4.78, 5) is 4.33. The predicted octanol–water partition coefficient (Wildman–Crippen LogP) is 2.45. The molecule has 1 heterocycles. The molecule has 5 nitrogen and oxygen atoms in total. The zero-order chi connectivity index (χ0) is 16.2. The van der Waals surface area contributed by atoms with Gasteiger partial charge < -0.3 is 10.6 Å². The smallest absolute Gasteiger partial charge is 0.191 e. The molecule has 130 valence electrons. The first-order valence-electron chi connectivity index (χ1n) is 7.09. The van der Waals surface area contributed by atoms with E-state index in [0.29, 0.717) is 29.0 Å². The van der Waals surface area contributed by atoms with Gasteiger partial charge in [-0.05, 0) is 25.5 Å². The fourth-order valence-corrected chi connectivity index (χ4v) is 4.24. The Morgan fingerprint density at radius 1 is 1.48 bits per heavy atom. The Bertz CT molecular complexity index is 670. The van der Waals surface area contributed by atoms with Gasteiger partial charge in [0.2, 0.25) is 0 Å². The summed E-state index contributed by atoms with van der Waals surface area (Å²) in [6.07, 6.45) is 0.569. The van der Waals surface area contributed by atoms with Crippen molar-refractivity contribution < 1.29 is 12.8 Å². The fourth-order valence-electron chi connectivity index (χ4n) is 2.24. The number of aliphatic imine (C=N–C) groups is 1. The maximum Gasteiger partial charge on any atom is 0.191 e. The quantitative estimate of drug-likeness (QED) is 0.364. The summed E-state index contributed by atoms with van der Waals surface area (Å²) in [5.41, 5.74) is 0.486. The summed E-state index contributed by atoms with van der Waals surface area (Å²) in [6.45, 7) is 2.75. The third-order valence-electron chi connectivity index (χ3n) is 3.34. The average molecular weight is 520 g/mol. The number of rotatable bonds is 4. The molecule has 1 saturated heterocycles. The third-order valence-corrected chi connectivity index (χ3v) is 5.60. The highest BCUT2D eigenvalue weighted by atomic mass is 127.